The third kappa shape index (κ3) is 2.95. The van der Waals surface area contributed by atoms with E-state index in [9.17, 15) is 14.6 Å². The fourth-order valence-corrected chi connectivity index (χ4v) is 2.67. The quantitative estimate of drug-likeness (QED) is 0.887. The number of aryl methyl sites for hydroxylation is 2. The summed E-state index contributed by atoms with van der Waals surface area (Å²) in [5, 5.41) is 24.4. The molecular weight excluding hydrogens is 295 g/mol. The van der Waals surface area contributed by atoms with Gasteiger partial charge in [0.25, 0.3) is 0 Å². The molecule has 1 aromatic carbocycles. The zero-order valence-electron chi connectivity index (χ0n) is 12.0. The van der Waals surface area contributed by atoms with Crippen molar-refractivity contribution in [3.8, 4) is 0 Å². The second kappa shape index (κ2) is 6.13. The second-order valence-corrected chi connectivity index (χ2v) is 5.63. The number of nitrogens with zero attached hydrogens (tertiary/aromatic N) is 2. The molecule has 0 aliphatic heterocycles. The molecule has 0 atom stereocenters. The van der Waals surface area contributed by atoms with Gasteiger partial charge in [-0.3, -0.25) is 4.68 Å². The van der Waals surface area contributed by atoms with Gasteiger partial charge in [-0.2, -0.15) is 5.10 Å². The van der Waals surface area contributed by atoms with Crippen LogP contribution in [0.5, 0.6) is 0 Å². The summed E-state index contributed by atoms with van der Waals surface area (Å²) in [5.41, 5.74) is 1.14. The molecule has 0 fully saturated rings. The molecule has 0 aliphatic carbocycles. The zero-order valence-corrected chi connectivity index (χ0v) is 12.7. The Balaban J connectivity index is 2.45. The lowest BCUT2D eigenvalue weighted by Gasteiger charge is -2.30. The lowest BCUT2D eigenvalue weighted by Crippen LogP contribution is -2.38. The molecule has 0 aliphatic rings. The molecule has 6 heteroatoms. The van der Waals surface area contributed by atoms with Gasteiger partial charge in [0.15, 0.2) is 0 Å². The first-order valence-electron chi connectivity index (χ1n) is 6.59. The number of aliphatic hydroxyl groups is 2. The summed E-state index contributed by atoms with van der Waals surface area (Å²) in [5.74, 6) is -0.363. The maximum atomic E-state index is 13.1. The van der Waals surface area contributed by atoms with Gasteiger partial charge in [-0.05, 0) is 24.6 Å². The molecule has 0 bridgehead atoms. The van der Waals surface area contributed by atoms with Gasteiger partial charge in [0.2, 0.25) is 0 Å². The van der Waals surface area contributed by atoms with Gasteiger partial charge >= 0.3 is 0 Å². The van der Waals surface area contributed by atoms with Crippen molar-refractivity contribution in [3.05, 3.63) is 52.1 Å². The summed E-state index contributed by atoms with van der Waals surface area (Å²) < 4.78 is 14.7. The number of aromatic nitrogens is 2. The van der Waals surface area contributed by atoms with Crippen LogP contribution in [0.15, 0.2) is 24.3 Å². The minimum Gasteiger partial charge on any atom is -0.395 e. The van der Waals surface area contributed by atoms with Crippen LogP contribution in [0, 0.1) is 12.7 Å². The lowest BCUT2D eigenvalue weighted by molar-refractivity contribution is 0.114. The first-order valence-corrected chi connectivity index (χ1v) is 6.97. The molecule has 4 nitrogen and oxygen atoms in total. The molecule has 0 saturated heterocycles. The summed E-state index contributed by atoms with van der Waals surface area (Å²) in [7, 11) is 1.76. The number of aliphatic hydroxyl groups excluding tert-OH is 2. The van der Waals surface area contributed by atoms with Gasteiger partial charge in [-0.15, -0.1) is 0 Å². The van der Waals surface area contributed by atoms with Gasteiger partial charge in [0.05, 0.1) is 29.6 Å². The summed E-state index contributed by atoms with van der Waals surface area (Å²) in [6.07, 6.45) is 0.307. The van der Waals surface area contributed by atoms with Crippen molar-refractivity contribution < 1.29 is 14.6 Å². The van der Waals surface area contributed by atoms with Gasteiger partial charge < -0.3 is 10.2 Å². The van der Waals surface area contributed by atoms with E-state index in [0.717, 1.165) is 5.69 Å². The number of halogens is 2. The van der Waals surface area contributed by atoms with Crippen LogP contribution >= 0.6 is 11.6 Å². The van der Waals surface area contributed by atoms with E-state index in [-0.39, 0.29) is 19.0 Å². The first-order chi connectivity index (χ1) is 9.93. The van der Waals surface area contributed by atoms with Crippen LogP contribution in [0.4, 0.5) is 4.39 Å². The topological polar surface area (TPSA) is 58.3 Å². The van der Waals surface area contributed by atoms with E-state index in [1.54, 1.807) is 30.8 Å². The van der Waals surface area contributed by atoms with Crippen molar-refractivity contribution >= 4 is 11.6 Å². The molecule has 0 amide bonds. The van der Waals surface area contributed by atoms with Gasteiger partial charge in [0, 0.05) is 18.9 Å². The van der Waals surface area contributed by atoms with E-state index in [1.807, 2.05) is 0 Å². The van der Waals surface area contributed by atoms with E-state index < -0.39 is 5.41 Å². The van der Waals surface area contributed by atoms with E-state index in [1.165, 1.54) is 12.1 Å². The average Bonchev–Trinajstić information content (AvgIpc) is 2.72. The monoisotopic (exact) mass is 312 g/mol. The number of hydrogen-bond donors (Lipinski definition) is 2. The number of benzene rings is 1. The third-order valence-electron chi connectivity index (χ3n) is 3.83. The Bertz CT molecular complexity index is 621. The molecule has 1 heterocycles. The van der Waals surface area contributed by atoms with E-state index in [0.29, 0.717) is 22.7 Å². The summed E-state index contributed by atoms with van der Waals surface area (Å²) in [6.45, 7) is 1.23. The molecule has 0 unspecified atom stereocenters. The van der Waals surface area contributed by atoms with Crippen LogP contribution in [0.1, 0.15) is 17.0 Å². The van der Waals surface area contributed by atoms with Crippen LogP contribution in [-0.2, 0) is 18.9 Å². The molecule has 114 valence electrons. The van der Waals surface area contributed by atoms with Gasteiger partial charge in [0.1, 0.15) is 5.82 Å². The van der Waals surface area contributed by atoms with Crippen molar-refractivity contribution in [2.75, 3.05) is 13.2 Å². The molecule has 0 spiro atoms. The molecule has 2 rings (SSSR count). The maximum Gasteiger partial charge on any atom is 0.123 e. The van der Waals surface area contributed by atoms with E-state index in [2.05, 4.69) is 5.10 Å². The molecule has 0 saturated carbocycles. The summed E-state index contributed by atoms with van der Waals surface area (Å²) in [4.78, 5) is 0. The Morgan fingerprint density at radius 3 is 2.24 bits per heavy atom. The van der Waals surface area contributed by atoms with E-state index in [4.69, 9.17) is 11.6 Å². The maximum absolute atomic E-state index is 13.1. The highest BCUT2D eigenvalue weighted by Gasteiger charge is 2.33. The van der Waals surface area contributed by atoms with Crippen LogP contribution in [0.2, 0.25) is 5.02 Å². The smallest absolute Gasteiger partial charge is 0.123 e. The third-order valence-corrected chi connectivity index (χ3v) is 4.32. The predicted molar refractivity (Wildman–Crippen MR) is 78.9 cm³/mol. The molecule has 21 heavy (non-hydrogen) atoms. The first kappa shape index (κ1) is 15.9. The summed E-state index contributed by atoms with van der Waals surface area (Å²) >= 11 is 6.24. The molecule has 0 radical (unpaired) electrons. The molecular formula is C15H18ClFN2O2. The number of hydrogen-bond acceptors (Lipinski definition) is 3. The van der Waals surface area contributed by atoms with Crippen molar-refractivity contribution in [3.63, 3.8) is 0 Å². The van der Waals surface area contributed by atoms with Crippen LogP contribution in [-0.4, -0.2) is 33.2 Å². The fourth-order valence-electron chi connectivity index (χ4n) is 2.44. The Kier molecular flexibility index (Phi) is 4.66. The Morgan fingerprint density at radius 2 is 1.81 bits per heavy atom. The van der Waals surface area contributed by atoms with Crippen LogP contribution < -0.4 is 0 Å². The van der Waals surface area contributed by atoms with Crippen molar-refractivity contribution in [2.45, 2.75) is 18.8 Å². The molecule has 2 N–H and O–H groups in total. The Labute approximate surface area is 127 Å². The number of rotatable bonds is 5. The van der Waals surface area contributed by atoms with Crippen molar-refractivity contribution in [1.29, 1.82) is 0 Å². The average molecular weight is 313 g/mol. The SMILES string of the molecule is Cc1nn(C)c(CC(CO)(CO)c2ccc(F)cc2)c1Cl. The fraction of sp³-hybridized carbons (Fsp3) is 0.400. The largest absolute Gasteiger partial charge is 0.395 e. The standard InChI is InChI=1S/C15H18ClFN2O2/c1-10-14(16)13(19(2)18-10)7-15(8-20,9-21)11-3-5-12(17)6-4-11/h3-6,20-21H,7-9H2,1-2H3. The Hall–Kier alpha value is -1.43. The van der Waals surface area contributed by atoms with Crippen LogP contribution in [0.3, 0.4) is 0 Å². The van der Waals surface area contributed by atoms with E-state index >= 15 is 0 Å². The van der Waals surface area contributed by atoms with Gasteiger partial charge in [-0.25, -0.2) is 4.39 Å². The normalized spacial score (nSPS) is 11.9. The second-order valence-electron chi connectivity index (χ2n) is 5.25. The van der Waals surface area contributed by atoms with Gasteiger partial charge in [-0.1, -0.05) is 23.7 Å². The van der Waals surface area contributed by atoms with Crippen molar-refractivity contribution in [1.82, 2.24) is 9.78 Å². The minimum atomic E-state index is -0.933. The van der Waals surface area contributed by atoms with Crippen LogP contribution in [0.25, 0.3) is 0 Å². The zero-order chi connectivity index (χ0) is 15.6. The summed E-state index contributed by atoms with van der Waals surface area (Å²) in [6, 6.07) is 5.76. The Morgan fingerprint density at radius 1 is 1.24 bits per heavy atom. The molecule has 2 aromatic rings. The highest BCUT2D eigenvalue weighted by molar-refractivity contribution is 6.31. The predicted octanol–water partition coefficient (Wildman–Crippen LogP) is 1.99. The highest BCUT2D eigenvalue weighted by Crippen LogP contribution is 2.31. The lowest BCUT2D eigenvalue weighted by atomic mass is 9.78. The van der Waals surface area contributed by atoms with Crippen molar-refractivity contribution in [2.24, 2.45) is 7.05 Å². The minimum absolute atomic E-state index is 0.282. The molecule has 1 aromatic heterocycles. The highest BCUT2D eigenvalue weighted by atomic mass is 35.5.